The van der Waals surface area contributed by atoms with Gasteiger partial charge in [-0.05, 0) is 38.7 Å². The summed E-state index contributed by atoms with van der Waals surface area (Å²) < 4.78 is 0. The minimum absolute atomic E-state index is 0.460. The molecule has 1 atom stereocenters. The van der Waals surface area contributed by atoms with Gasteiger partial charge < -0.3 is 10.0 Å². The first-order valence-corrected chi connectivity index (χ1v) is 6.62. The van der Waals surface area contributed by atoms with E-state index in [1.54, 1.807) is 18.7 Å². The number of hydrogen-bond donors (Lipinski definition) is 1. The number of halogens is 1. The fourth-order valence-electron chi connectivity index (χ4n) is 1.23. The molecular weight excluding hydrogens is 242 g/mol. The summed E-state index contributed by atoms with van der Waals surface area (Å²) in [6.07, 6.45) is -0.460. The van der Waals surface area contributed by atoms with Gasteiger partial charge in [-0.1, -0.05) is 17.7 Å². The Balaban J connectivity index is 2.61. The number of thioether (sulfide) groups is 1. The van der Waals surface area contributed by atoms with Crippen molar-refractivity contribution < 1.29 is 5.11 Å². The average Bonchev–Trinajstić information content (AvgIpc) is 2.19. The van der Waals surface area contributed by atoms with Crippen LogP contribution in [0.3, 0.4) is 0 Å². The van der Waals surface area contributed by atoms with Crippen LogP contribution in [0.25, 0.3) is 0 Å². The molecule has 0 unspecified atom stereocenters. The van der Waals surface area contributed by atoms with E-state index in [1.165, 1.54) is 0 Å². The zero-order valence-corrected chi connectivity index (χ0v) is 11.5. The number of rotatable bonds is 5. The minimum atomic E-state index is -0.460. The van der Waals surface area contributed by atoms with Crippen LogP contribution in [0.2, 0.25) is 5.02 Å². The summed E-state index contributed by atoms with van der Waals surface area (Å²) >= 11 is 7.88. The Morgan fingerprint density at radius 1 is 1.44 bits per heavy atom. The third kappa shape index (κ3) is 4.34. The maximum absolute atomic E-state index is 9.42. The summed E-state index contributed by atoms with van der Waals surface area (Å²) in [5.41, 5.74) is 0.863. The van der Waals surface area contributed by atoms with Gasteiger partial charge in [-0.25, -0.2) is 0 Å². The van der Waals surface area contributed by atoms with E-state index in [-0.39, 0.29) is 0 Å². The normalized spacial score (nSPS) is 13.1. The molecule has 0 fully saturated rings. The Hall–Kier alpha value is -0.220. The molecule has 0 amide bonds. The molecule has 0 spiro atoms. The van der Waals surface area contributed by atoms with Crippen LogP contribution in [0.5, 0.6) is 0 Å². The van der Waals surface area contributed by atoms with E-state index in [2.05, 4.69) is 19.0 Å². The van der Waals surface area contributed by atoms with Crippen LogP contribution in [0.4, 0.5) is 0 Å². The van der Waals surface area contributed by atoms with Gasteiger partial charge in [-0.3, -0.25) is 0 Å². The minimum Gasteiger partial charge on any atom is -0.389 e. The molecule has 0 saturated carbocycles. The Bertz CT molecular complexity index is 342. The molecule has 4 heteroatoms. The molecule has 1 aromatic rings. The highest BCUT2D eigenvalue weighted by Gasteiger charge is 2.06. The van der Waals surface area contributed by atoms with E-state index in [0.717, 1.165) is 27.8 Å². The first kappa shape index (κ1) is 13.8. The van der Waals surface area contributed by atoms with Crippen molar-refractivity contribution in [1.29, 1.82) is 0 Å². The molecule has 0 aromatic heterocycles. The molecule has 1 aromatic carbocycles. The van der Waals surface area contributed by atoms with Crippen molar-refractivity contribution in [3.05, 3.63) is 28.8 Å². The lowest BCUT2D eigenvalue weighted by molar-refractivity contribution is 0.199. The van der Waals surface area contributed by atoms with Crippen molar-refractivity contribution in [3.63, 3.8) is 0 Å². The van der Waals surface area contributed by atoms with Gasteiger partial charge in [-0.2, -0.15) is 0 Å². The highest BCUT2D eigenvalue weighted by Crippen LogP contribution is 2.29. The summed E-state index contributed by atoms with van der Waals surface area (Å²) in [6, 6.07) is 5.74. The van der Waals surface area contributed by atoms with Crippen molar-refractivity contribution in [2.24, 2.45) is 0 Å². The van der Waals surface area contributed by atoms with Gasteiger partial charge >= 0.3 is 0 Å². The lowest BCUT2D eigenvalue weighted by atomic mass is 10.1. The van der Waals surface area contributed by atoms with Gasteiger partial charge in [0.15, 0.2) is 0 Å². The second-order valence-electron chi connectivity index (χ2n) is 4.02. The largest absolute Gasteiger partial charge is 0.389 e. The van der Waals surface area contributed by atoms with E-state index < -0.39 is 6.10 Å². The molecule has 2 nitrogen and oxygen atoms in total. The fourth-order valence-corrected chi connectivity index (χ4v) is 2.62. The van der Waals surface area contributed by atoms with Crippen LogP contribution in [0, 0.1) is 0 Å². The predicted octanol–water partition coefficient (Wildman–Crippen LogP) is 3.05. The number of aliphatic hydroxyl groups excluding tert-OH is 1. The average molecular weight is 260 g/mol. The first-order chi connectivity index (χ1) is 7.50. The zero-order chi connectivity index (χ0) is 12.1. The number of aliphatic hydroxyl groups is 1. The topological polar surface area (TPSA) is 23.5 Å². The van der Waals surface area contributed by atoms with Crippen LogP contribution >= 0.6 is 23.4 Å². The zero-order valence-electron chi connectivity index (χ0n) is 9.90. The molecule has 16 heavy (non-hydrogen) atoms. The summed E-state index contributed by atoms with van der Waals surface area (Å²) in [4.78, 5) is 3.22. The molecule has 0 radical (unpaired) electrons. The molecule has 0 aliphatic heterocycles. The van der Waals surface area contributed by atoms with Crippen LogP contribution in [-0.4, -0.2) is 36.4 Å². The molecule has 0 bridgehead atoms. The van der Waals surface area contributed by atoms with E-state index in [0.29, 0.717) is 0 Å². The fraction of sp³-hybridized carbons (Fsp3) is 0.500. The summed E-state index contributed by atoms with van der Waals surface area (Å²) in [7, 11) is 4.11. The quantitative estimate of drug-likeness (QED) is 0.823. The molecule has 1 rings (SSSR count). The van der Waals surface area contributed by atoms with Crippen LogP contribution in [0.1, 0.15) is 18.6 Å². The van der Waals surface area contributed by atoms with E-state index >= 15 is 0 Å². The molecule has 0 aliphatic carbocycles. The highest BCUT2D eigenvalue weighted by molar-refractivity contribution is 7.99. The summed E-state index contributed by atoms with van der Waals surface area (Å²) in [5.74, 6) is 1.01. The summed E-state index contributed by atoms with van der Waals surface area (Å²) in [6.45, 7) is 2.77. The standard InChI is InChI=1S/C12H18ClNOS/c1-9(15)10-4-5-12(11(13)8-10)16-7-6-14(2)3/h4-5,8-9,15H,6-7H2,1-3H3/t9-/m1/s1. The maximum atomic E-state index is 9.42. The number of nitrogens with zero attached hydrogens (tertiary/aromatic N) is 1. The van der Waals surface area contributed by atoms with E-state index in [1.807, 2.05) is 18.2 Å². The molecular formula is C12H18ClNOS. The lowest BCUT2D eigenvalue weighted by Crippen LogP contribution is -2.14. The van der Waals surface area contributed by atoms with Crippen LogP contribution in [0.15, 0.2) is 23.1 Å². The van der Waals surface area contributed by atoms with Crippen molar-refractivity contribution >= 4 is 23.4 Å². The number of hydrogen-bond acceptors (Lipinski definition) is 3. The third-order valence-electron chi connectivity index (χ3n) is 2.23. The van der Waals surface area contributed by atoms with Gasteiger partial charge in [-0.15, -0.1) is 11.8 Å². The number of benzene rings is 1. The van der Waals surface area contributed by atoms with Crippen molar-refractivity contribution in [3.8, 4) is 0 Å². The van der Waals surface area contributed by atoms with E-state index in [9.17, 15) is 5.11 Å². The van der Waals surface area contributed by atoms with Gasteiger partial charge in [0.1, 0.15) is 0 Å². The van der Waals surface area contributed by atoms with Crippen LogP contribution < -0.4 is 0 Å². The molecule has 0 heterocycles. The second-order valence-corrected chi connectivity index (χ2v) is 5.56. The third-order valence-corrected chi connectivity index (χ3v) is 3.71. The van der Waals surface area contributed by atoms with Crippen molar-refractivity contribution in [1.82, 2.24) is 4.90 Å². The Kier molecular flexibility index (Phi) is 5.62. The Morgan fingerprint density at radius 2 is 2.12 bits per heavy atom. The lowest BCUT2D eigenvalue weighted by Gasteiger charge is -2.11. The Labute approximate surface area is 107 Å². The predicted molar refractivity (Wildman–Crippen MR) is 71.4 cm³/mol. The van der Waals surface area contributed by atoms with Crippen LogP contribution in [-0.2, 0) is 0 Å². The molecule has 1 N–H and O–H groups in total. The van der Waals surface area contributed by atoms with Crippen molar-refractivity contribution in [2.75, 3.05) is 26.4 Å². The van der Waals surface area contributed by atoms with Gasteiger partial charge in [0, 0.05) is 17.2 Å². The molecule has 0 aliphatic rings. The second kappa shape index (κ2) is 6.50. The Morgan fingerprint density at radius 3 is 2.62 bits per heavy atom. The first-order valence-electron chi connectivity index (χ1n) is 5.25. The molecule has 0 saturated heterocycles. The van der Waals surface area contributed by atoms with Gasteiger partial charge in [0.25, 0.3) is 0 Å². The SMILES string of the molecule is C[C@@H](O)c1ccc(SCCN(C)C)c(Cl)c1. The smallest absolute Gasteiger partial charge is 0.0762 e. The van der Waals surface area contributed by atoms with E-state index in [4.69, 9.17) is 11.6 Å². The monoisotopic (exact) mass is 259 g/mol. The van der Waals surface area contributed by atoms with Crippen molar-refractivity contribution in [2.45, 2.75) is 17.9 Å². The molecule has 90 valence electrons. The maximum Gasteiger partial charge on any atom is 0.0762 e. The summed E-state index contributed by atoms with van der Waals surface area (Å²) in [5, 5.41) is 10.1. The van der Waals surface area contributed by atoms with Gasteiger partial charge in [0.2, 0.25) is 0 Å². The van der Waals surface area contributed by atoms with Gasteiger partial charge in [0.05, 0.1) is 11.1 Å². The highest BCUT2D eigenvalue weighted by atomic mass is 35.5.